The fourth-order valence-electron chi connectivity index (χ4n) is 2.69. The molecule has 0 heterocycles. The molecule has 0 radical (unpaired) electrons. The lowest BCUT2D eigenvalue weighted by molar-refractivity contribution is -0.116. The number of hydrogen-bond donors (Lipinski definition) is 1. The largest absolute Gasteiger partial charge is 0.342 e. The Labute approximate surface area is 148 Å². The third kappa shape index (κ3) is 4.67. The van der Waals surface area contributed by atoms with Crippen LogP contribution in [0.5, 0.6) is 0 Å². The van der Waals surface area contributed by atoms with Crippen molar-refractivity contribution in [1.82, 2.24) is 5.32 Å². The van der Waals surface area contributed by atoms with Crippen LogP contribution in [0.2, 0.25) is 0 Å². The predicted molar refractivity (Wildman–Crippen MR) is 103 cm³/mol. The average molecular weight is 327 g/mol. The Kier molecular flexibility index (Phi) is 5.43. The van der Waals surface area contributed by atoms with Crippen molar-refractivity contribution in [3.8, 4) is 0 Å². The highest BCUT2D eigenvalue weighted by Gasteiger charge is 2.15. The summed E-state index contributed by atoms with van der Waals surface area (Å²) in [6.45, 7) is 2.06. The molecule has 2 heteroatoms. The lowest BCUT2D eigenvalue weighted by Crippen LogP contribution is -2.27. The number of nitrogens with one attached hydrogen (secondary N) is 1. The van der Waals surface area contributed by atoms with Gasteiger partial charge < -0.3 is 5.32 Å². The molecule has 1 N–H and O–H groups in total. The van der Waals surface area contributed by atoms with Crippen molar-refractivity contribution in [2.75, 3.05) is 0 Å². The quantitative estimate of drug-likeness (QED) is 0.663. The molecule has 0 aromatic heterocycles. The highest BCUT2D eigenvalue weighted by molar-refractivity contribution is 5.92. The van der Waals surface area contributed by atoms with Crippen LogP contribution in [-0.4, -0.2) is 5.91 Å². The summed E-state index contributed by atoms with van der Waals surface area (Å²) in [4.78, 5) is 12.4. The molecule has 1 amide bonds. The molecule has 0 saturated heterocycles. The van der Waals surface area contributed by atoms with E-state index in [1.54, 1.807) is 6.08 Å². The van der Waals surface area contributed by atoms with E-state index < -0.39 is 0 Å². The maximum atomic E-state index is 12.4. The summed E-state index contributed by atoms with van der Waals surface area (Å²) in [6.07, 6.45) is 3.41. The zero-order valence-electron chi connectivity index (χ0n) is 14.2. The second-order valence-electron chi connectivity index (χ2n) is 6.01. The Morgan fingerprint density at radius 3 is 2.00 bits per heavy atom. The summed E-state index contributed by atoms with van der Waals surface area (Å²) in [6, 6.07) is 27.9. The fourth-order valence-corrected chi connectivity index (χ4v) is 2.69. The van der Waals surface area contributed by atoms with Crippen LogP contribution < -0.4 is 5.32 Å². The van der Waals surface area contributed by atoms with Crippen molar-refractivity contribution >= 4 is 12.0 Å². The van der Waals surface area contributed by atoms with Gasteiger partial charge in [0, 0.05) is 6.08 Å². The zero-order valence-corrected chi connectivity index (χ0v) is 14.2. The van der Waals surface area contributed by atoms with E-state index in [1.807, 2.05) is 66.7 Å². The maximum absolute atomic E-state index is 12.4. The highest BCUT2D eigenvalue weighted by atomic mass is 16.1. The summed E-state index contributed by atoms with van der Waals surface area (Å²) < 4.78 is 0. The van der Waals surface area contributed by atoms with Crippen LogP contribution in [-0.2, 0) is 4.79 Å². The SMILES string of the molecule is Cc1ccc([C@@H](NC(=O)/C=C/c2ccccc2)c2ccccc2)cc1. The summed E-state index contributed by atoms with van der Waals surface area (Å²) in [5.74, 6) is -0.113. The third-order valence-electron chi connectivity index (χ3n) is 4.06. The number of carbonyl (C=O) groups excluding carboxylic acids is 1. The molecule has 124 valence electrons. The van der Waals surface area contributed by atoms with E-state index >= 15 is 0 Å². The number of benzene rings is 3. The van der Waals surface area contributed by atoms with E-state index in [0.717, 1.165) is 16.7 Å². The Hall–Kier alpha value is -3.13. The first-order valence-corrected chi connectivity index (χ1v) is 8.37. The van der Waals surface area contributed by atoms with E-state index in [0.29, 0.717) is 0 Å². The minimum Gasteiger partial charge on any atom is -0.342 e. The fraction of sp³-hybridized carbons (Fsp3) is 0.0870. The van der Waals surface area contributed by atoms with Crippen molar-refractivity contribution in [2.45, 2.75) is 13.0 Å². The van der Waals surface area contributed by atoms with Gasteiger partial charge in [0.15, 0.2) is 0 Å². The van der Waals surface area contributed by atoms with E-state index in [-0.39, 0.29) is 11.9 Å². The first kappa shape index (κ1) is 16.7. The van der Waals surface area contributed by atoms with Crippen molar-refractivity contribution < 1.29 is 4.79 Å². The number of amides is 1. The van der Waals surface area contributed by atoms with Crippen molar-refractivity contribution in [3.05, 3.63) is 113 Å². The zero-order chi connectivity index (χ0) is 17.5. The topological polar surface area (TPSA) is 29.1 Å². The smallest absolute Gasteiger partial charge is 0.244 e. The van der Waals surface area contributed by atoms with E-state index in [2.05, 4.69) is 36.5 Å². The molecule has 0 aliphatic rings. The van der Waals surface area contributed by atoms with Gasteiger partial charge in [-0.1, -0.05) is 90.5 Å². The molecule has 0 aliphatic carbocycles. The lowest BCUT2D eigenvalue weighted by Gasteiger charge is -2.19. The van der Waals surface area contributed by atoms with Crippen LogP contribution >= 0.6 is 0 Å². The molecule has 3 aromatic rings. The van der Waals surface area contributed by atoms with E-state index in [9.17, 15) is 4.79 Å². The highest BCUT2D eigenvalue weighted by Crippen LogP contribution is 2.22. The van der Waals surface area contributed by atoms with Gasteiger partial charge in [-0.25, -0.2) is 0 Å². The van der Waals surface area contributed by atoms with E-state index in [1.165, 1.54) is 5.56 Å². The average Bonchev–Trinajstić information content (AvgIpc) is 2.67. The summed E-state index contributed by atoms with van der Waals surface area (Å²) >= 11 is 0. The Morgan fingerprint density at radius 2 is 1.36 bits per heavy atom. The maximum Gasteiger partial charge on any atom is 0.244 e. The Balaban J connectivity index is 1.81. The third-order valence-corrected chi connectivity index (χ3v) is 4.06. The molecule has 25 heavy (non-hydrogen) atoms. The molecular weight excluding hydrogens is 306 g/mol. The first-order chi connectivity index (χ1) is 12.2. The molecular formula is C23H21NO. The normalized spacial score (nSPS) is 12.0. The van der Waals surface area contributed by atoms with Crippen LogP contribution in [0.1, 0.15) is 28.3 Å². The van der Waals surface area contributed by atoms with Crippen LogP contribution in [0.3, 0.4) is 0 Å². The van der Waals surface area contributed by atoms with Crippen LogP contribution in [0.25, 0.3) is 6.08 Å². The van der Waals surface area contributed by atoms with Gasteiger partial charge in [-0.05, 0) is 29.7 Å². The summed E-state index contributed by atoms with van der Waals surface area (Å²) in [7, 11) is 0. The van der Waals surface area contributed by atoms with Gasteiger partial charge in [-0.15, -0.1) is 0 Å². The minimum atomic E-state index is -0.172. The number of hydrogen-bond acceptors (Lipinski definition) is 1. The Morgan fingerprint density at radius 1 is 0.800 bits per heavy atom. The van der Waals surface area contributed by atoms with Gasteiger partial charge in [0.25, 0.3) is 0 Å². The summed E-state index contributed by atoms with van der Waals surface area (Å²) in [5, 5.41) is 3.11. The number of rotatable bonds is 5. The van der Waals surface area contributed by atoms with Gasteiger partial charge >= 0.3 is 0 Å². The van der Waals surface area contributed by atoms with Gasteiger partial charge in [-0.3, -0.25) is 4.79 Å². The number of aryl methyl sites for hydroxylation is 1. The molecule has 1 atom stereocenters. The minimum absolute atomic E-state index is 0.113. The lowest BCUT2D eigenvalue weighted by atomic mass is 9.98. The van der Waals surface area contributed by atoms with Crippen LogP contribution in [0, 0.1) is 6.92 Å². The van der Waals surface area contributed by atoms with Gasteiger partial charge in [-0.2, -0.15) is 0 Å². The van der Waals surface area contributed by atoms with Gasteiger partial charge in [0.05, 0.1) is 6.04 Å². The standard InChI is InChI=1S/C23H21NO/c1-18-12-15-21(16-13-18)23(20-10-6-3-7-11-20)24-22(25)17-14-19-8-4-2-5-9-19/h2-17,23H,1H3,(H,24,25)/b17-14+/t23-/m0/s1. The molecule has 3 aromatic carbocycles. The van der Waals surface area contributed by atoms with Crippen molar-refractivity contribution in [1.29, 1.82) is 0 Å². The molecule has 2 nitrogen and oxygen atoms in total. The molecule has 0 fully saturated rings. The molecule has 3 rings (SSSR count). The molecule has 0 spiro atoms. The second kappa shape index (κ2) is 8.11. The molecule has 0 bridgehead atoms. The van der Waals surface area contributed by atoms with Gasteiger partial charge in [0.1, 0.15) is 0 Å². The van der Waals surface area contributed by atoms with Gasteiger partial charge in [0.2, 0.25) is 5.91 Å². The van der Waals surface area contributed by atoms with Crippen molar-refractivity contribution in [3.63, 3.8) is 0 Å². The Bertz CT molecular complexity index is 836. The molecule has 0 unspecified atom stereocenters. The summed E-state index contributed by atoms with van der Waals surface area (Å²) in [5.41, 5.74) is 4.33. The van der Waals surface area contributed by atoms with Crippen molar-refractivity contribution in [2.24, 2.45) is 0 Å². The monoisotopic (exact) mass is 327 g/mol. The van der Waals surface area contributed by atoms with E-state index in [4.69, 9.17) is 0 Å². The first-order valence-electron chi connectivity index (χ1n) is 8.37. The van der Waals surface area contributed by atoms with Crippen LogP contribution in [0.4, 0.5) is 0 Å². The predicted octanol–water partition coefficient (Wildman–Crippen LogP) is 4.91. The second-order valence-corrected chi connectivity index (χ2v) is 6.01. The molecule has 0 saturated carbocycles. The number of carbonyl (C=O) groups is 1. The van der Waals surface area contributed by atoms with Crippen LogP contribution in [0.15, 0.2) is 91.0 Å². The molecule has 0 aliphatic heterocycles.